The lowest BCUT2D eigenvalue weighted by Crippen LogP contribution is -2.75. The molecule has 26 heavy (non-hydrogen) atoms. The van der Waals surface area contributed by atoms with Gasteiger partial charge in [-0.25, -0.2) is 9.78 Å². The van der Waals surface area contributed by atoms with E-state index in [0.717, 1.165) is 28.0 Å². The van der Waals surface area contributed by atoms with Crippen LogP contribution in [0.3, 0.4) is 0 Å². The summed E-state index contributed by atoms with van der Waals surface area (Å²) in [7, 11) is 0. The number of carbonyl (C=O) groups is 5. The molecule has 1 aromatic heterocycles. The van der Waals surface area contributed by atoms with Gasteiger partial charge in [-0.2, -0.15) is 0 Å². The number of aliphatic carboxylic acids is 1. The first-order valence-electron chi connectivity index (χ1n) is 7.15. The zero-order valence-electron chi connectivity index (χ0n) is 12.9. The average molecular weight is 400 g/mol. The Morgan fingerprint density at radius 3 is 2.81 bits per heavy atom. The van der Waals surface area contributed by atoms with Crippen LogP contribution < -0.4 is 10.6 Å². The van der Waals surface area contributed by atoms with Crippen LogP contribution in [0.15, 0.2) is 5.38 Å². The highest BCUT2D eigenvalue weighted by atomic mass is 32.2. The summed E-state index contributed by atoms with van der Waals surface area (Å²) in [6.45, 7) is -0.383. The first-order chi connectivity index (χ1) is 12.3. The number of carbonyl (C=O) groups excluding carboxylic acids is 4. The minimum atomic E-state index is -2.04. The van der Waals surface area contributed by atoms with Crippen molar-refractivity contribution in [3.8, 4) is 0 Å². The van der Waals surface area contributed by atoms with Crippen LogP contribution in [0.25, 0.3) is 0 Å². The molecule has 2 fully saturated rings. The lowest BCUT2D eigenvalue weighted by molar-refractivity contribution is -0.166. The fraction of sp³-hybridized carbons (Fsp3) is 0.385. The predicted octanol–water partition coefficient (Wildman–Crippen LogP) is -1.89. The Bertz CT molecular complexity index is 812. The Labute approximate surface area is 153 Å². The number of ketones is 1. The van der Waals surface area contributed by atoms with Gasteiger partial charge in [0, 0.05) is 11.1 Å². The predicted molar refractivity (Wildman–Crippen MR) is 88.6 cm³/mol. The number of rotatable bonds is 6. The highest BCUT2D eigenvalue weighted by Gasteiger charge is 2.57. The Morgan fingerprint density at radius 2 is 2.15 bits per heavy atom. The van der Waals surface area contributed by atoms with E-state index in [2.05, 4.69) is 15.6 Å². The van der Waals surface area contributed by atoms with Crippen LogP contribution in [-0.2, 0) is 19.2 Å². The second-order valence-corrected chi connectivity index (χ2v) is 7.55. The van der Waals surface area contributed by atoms with Crippen molar-refractivity contribution in [2.45, 2.75) is 17.0 Å². The number of Topliss-reactive ketones (excluding diaryl/α,β-unsaturated/α-hetero) is 1. The molecule has 3 heterocycles. The van der Waals surface area contributed by atoms with Crippen molar-refractivity contribution < 1.29 is 34.2 Å². The van der Waals surface area contributed by atoms with E-state index in [-0.39, 0.29) is 23.1 Å². The number of carboxylic acids is 1. The number of thioether (sulfide) groups is 1. The number of nitrogens with one attached hydrogen (secondary N) is 2. The molecular formula is C13H12N4O7S2. The quantitative estimate of drug-likeness (QED) is 0.185. The van der Waals surface area contributed by atoms with E-state index in [1.54, 1.807) is 0 Å². The fourth-order valence-electron chi connectivity index (χ4n) is 2.51. The number of nitrogens with zero attached hydrogens (tertiary/aromatic N) is 2. The van der Waals surface area contributed by atoms with E-state index in [4.69, 9.17) is 5.11 Å². The topological polar surface area (TPSA) is 166 Å². The molecule has 138 valence electrons. The molecule has 2 aliphatic heterocycles. The van der Waals surface area contributed by atoms with Crippen molar-refractivity contribution in [1.82, 2.24) is 15.2 Å². The van der Waals surface area contributed by atoms with Crippen LogP contribution in [0.1, 0.15) is 10.5 Å². The van der Waals surface area contributed by atoms with Gasteiger partial charge >= 0.3 is 5.97 Å². The highest BCUT2D eigenvalue weighted by Crippen LogP contribution is 2.38. The molecule has 3 amide bonds. The van der Waals surface area contributed by atoms with Crippen molar-refractivity contribution >= 4 is 58.2 Å². The van der Waals surface area contributed by atoms with Crippen molar-refractivity contribution in [3.63, 3.8) is 0 Å². The van der Waals surface area contributed by atoms with Crippen LogP contribution >= 0.6 is 23.1 Å². The molecule has 4 N–H and O–H groups in total. The van der Waals surface area contributed by atoms with Gasteiger partial charge in [-0.15, -0.1) is 23.1 Å². The van der Waals surface area contributed by atoms with E-state index in [9.17, 15) is 29.1 Å². The first kappa shape index (κ1) is 18.3. The van der Waals surface area contributed by atoms with Crippen LogP contribution in [0.4, 0.5) is 5.13 Å². The number of carboxylic acid groups (broad SMARTS) is 1. The molecule has 0 saturated carbocycles. The number of fused-ring (bicyclic) bond motifs is 1. The standard InChI is InChI=1S/C13H12N4O7S2/c18-4-14-12-15-5(1-25-12)7(19)8(20)16-6-9(21)17-2-13(24,11(22)23)3-26-10(6)17/h1,4,6,10,24H,2-3H2,(H,16,20)(H,22,23)(H,14,15,18)/t6?,10-,13?/m1/s1. The average Bonchev–Trinajstić information content (AvgIpc) is 3.07. The summed E-state index contributed by atoms with van der Waals surface area (Å²) in [5.74, 6) is -4.16. The van der Waals surface area contributed by atoms with Gasteiger partial charge in [0.05, 0.1) is 6.54 Å². The minimum Gasteiger partial charge on any atom is -0.479 e. The third kappa shape index (κ3) is 3.04. The molecule has 0 spiro atoms. The summed E-state index contributed by atoms with van der Waals surface area (Å²) in [6, 6.07) is -0.985. The smallest absolute Gasteiger partial charge is 0.338 e. The maximum Gasteiger partial charge on any atom is 0.338 e. The normalized spacial score (nSPS) is 27.1. The molecule has 0 radical (unpaired) electrons. The number of anilines is 1. The van der Waals surface area contributed by atoms with Crippen molar-refractivity contribution in [1.29, 1.82) is 0 Å². The summed E-state index contributed by atoms with van der Waals surface area (Å²) < 4.78 is 0. The second-order valence-electron chi connectivity index (χ2n) is 5.58. The molecule has 11 nitrogen and oxygen atoms in total. The molecule has 2 unspecified atom stereocenters. The largest absolute Gasteiger partial charge is 0.479 e. The molecular weight excluding hydrogens is 388 g/mol. The maximum absolute atomic E-state index is 12.1. The molecule has 3 atom stereocenters. The van der Waals surface area contributed by atoms with Crippen LogP contribution in [0, 0.1) is 0 Å². The van der Waals surface area contributed by atoms with E-state index in [1.165, 1.54) is 5.38 Å². The summed E-state index contributed by atoms with van der Waals surface area (Å²) in [5.41, 5.74) is -2.21. The van der Waals surface area contributed by atoms with Crippen LogP contribution in [-0.4, -0.2) is 79.4 Å². The van der Waals surface area contributed by atoms with Gasteiger partial charge in [0.25, 0.3) is 11.7 Å². The molecule has 0 aromatic carbocycles. The lowest BCUT2D eigenvalue weighted by atomic mass is 9.99. The summed E-state index contributed by atoms with van der Waals surface area (Å²) in [5, 5.41) is 24.4. The Morgan fingerprint density at radius 1 is 1.42 bits per heavy atom. The number of hydrogen-bond donors (Lipinski definition) is 4. The monoisotopic (exact) mass is 400 g/mol. The van der Waals surface area contributed by atoms with Gasteiger partial charge in [0.15, 0.2) is 10.7 Å². The zero-order valence-corrected chi connectivity index (χ0v) is 14.5. The number of aliphatic hydroxyl groups is 1. The van der Waals surface area contributed by atoms with Crippen LogP contribution in [0.5, 0.6) is 0 Å². The number of hydrogen-bond acceptors (Lipinski definition) is 9. The van der Waals surface area contributed by atoms with Gasteiger partial charge in [-0.3, -0.25) is 19.2 Å². The molecule has 13 heteroatoms. The molecule has 3 rings (SSSR count). The van der Waals surface area contributed by atoms with E-state index >= 15 is 0 Å². The Kier molecular flexibility index (Phi) is 4.68. The molecule has 2 aliphatic rings. The highest BCUT2D eigenvalue weighted by molar-refractivity contribution is 8.00. The fourth-order valence-corrected chi connectivity index (χ4v) is 4.56. The second kappa shape index (κ2) is 6.66. The molecule has 0 bridgehead atoms. The zero-order chi connectivity index (χ0) is 19.1. The number of β-lactam (4-membered cyclic amide) rings is 1. The first-order valence-corrected chi connectivity index (χ1v) is 9.08. The molecule has 0 aliphatic carbocycles. The number of thiazole rings is 1. The molecule has 2 saturated heterocycles. The van der Waals surface area contributed by atoms with E-state index in [1.807, 2.05) is 0 Å². The van der Waals surface area contributed by atoms with Gasteiger partial charge < -0.3 is 25.7 Å². The van der Waals surface area contributed by atoms with Gasteiger partial charge in [0.2, 0.25) is 12.3 Å². The summed E-state index contributed by atoms with van der Waals surface area (Å²) in [4.78, 5) is 62.6. The molecule has 1 aromatic rings. The van der Waals surface area contributed by atoms with Gasteiger partial charge in [-0.1, -0.05) is 0 Å². The van der Waals surface area contributed by atoms with Gasteiger partial charge in [0.1, 0.15) is 17.1 Å². The number of amides is 3. The third-order valence-corrected chi connectivity index (χ3v) is 6.16. The number of aromatic nitrogens is 1. The van der Waals surface area contributed by atoms with Crippen molar-refractivity contribution in [2.75, 3.05) is 17.6 Å². The van der Waals surface area contributed by atoms with E-state index in [0.29, 0.717) is 6.41 Å². The van der Waals surface area contributed by atoms with Crippen LogP contribution in [0.2, 0.25) is 0 Å². The van der Waals surface area contributed by atoms with Gasteiger partial charge in [-0.05, 0) is 0 Å². The summed E-state index contributed by atoms with van der Waals surface area (Å²) >= 11 is 1.97. The Hall–Kier alpha value is -2.51. The van der Waals surface area contributed by atoms with E-state index < -0.39 is 40.6 Å². The SMILES string of the molecule is O=CNc1nc(C(=O)C(=O)NC2C(=O)N3CC(O)(C(=O)O)CS[C@H]23)cs1. The maximum atomic E-state index is 12.1. The van der Waals surface area contributed by atoms with Crippen molar-refractivity contribution in [2.24, 2.45) is 0 Å². The minimum absolute atomic E-state index is 0.149. The summed E-state index contributed by atoms with van der Waals surface area (Å²) in [6.07, 6.45) is 0.382. The lowest BCUT2D eigenvalue weighted by Gasteiger charge is -2.52. The third-order valence-electron chi connectivity index (χ3n) is 3.88. The van der Waals surface area contributed by atoms with Crippen molar-refractivity contribution in [3.05, 3.63) is 11.1 Å². The Balaban J connectivity index is 1.62.